The van der Waals surface area contributed by atoms with Crippen molar-refractivity contribution in [2.75, 3.05) is 13.7 Å². The predicted molar refractivity (Wildman–Crippen MR) is 109 cm³/mol. The van der Waals surface area contributed by atoms with Gasteiger partial charge >= 0.3 is 0 Å². The van der Waals surface area contributed by atoms with Crippen LogP contribution in [0.3, 0.4) is 0 Å². The molecule has 0 atom stereocenters. The summed E-state index contributed by atoms with van der Waals surface area (Å²) in [5.74, 6) is 1.59. The first-order valence-corrected chi connectivity index (χ1v) is 9.96. The van der Waals surface area contributed by atoms with Gasteiger partial charge in [0.2, 0.25) is 5.91 Å². The quantitative estimate of drug-likeness (QED) is 0.567. The van der Waals surface area contributed by atoms with Crippen LogP contribution in [0.4, 0.5) is 0 Å². The number of carbonyl (C=O) groups is 1. The molecule has 3 aromatic rings. The summed E-state index contributed by atoms with van der Waals surface area (Å²) in [4.78, 5) is 20.6. The van der Waals surface area contributed by atoms with Crippen molar-refractivity contribution in [1.29, 1.82) is 0 Å². The third-order valence-corrected chi connectivity index (χ3v) is 4.97. The number of benzene rings is 1. The van der Waals surface area contributed by atoms with E-state index in [1.165, 1.54) is 0 Å². The van der Waals surface area contributed by atoms with Crippen molar-refractivity contribution in [1.82, 2.24) is 15.3 Å². The van der Waals surface area contributed by atoms with Crippen LogP contribution in [0.2, 0.25) is 0 Å². The maximum absolute atomic E-state index is 12.0. The molecule has 0 saturated carbocycles. The molecule has 1 amide bonds. The number of ether oxygens (including phenoxy) is 2. The number of aryl methyl sites for hydroxylation is 1. The monoisotopic (exact) mass is 397 g/mol. The van der Waals surface area contributed by atoms with Gasteiger partial charge in [-0.2, -0.15) is 0 Å². The van der Waals surface area contributed by atoms with Gasteiger partial charge in [0.05, 0.1) is 19.0 Å². The van der Waals surface area contributed by atoms with E-state index in [-0.39, 0.29) is 5.91 Å². The Morgan fingerprint density at radius 1 is 1.14 bits per heavy atom. The third kappa shape index (κ3) is 6.35. The Labute approximate surface area is 168 Å². The Morgan fingerprint density at radius 2 is 2.00 bits per heavy atom. The fraction of sp³-hybridized carbons (Fsp3) is 0.286. The number of amides is 1. The predicted octanol–water partition coefficient (Wildman–Crippen LogP) is 3.42. The molecule has 1 N–H and O–H groups in total. The topological polar surface area (TPSA) is 73.3 Å². The van der Waals surface area contributed by atoms with Crippen molar-refractivity contribution in [2.24, 2.45) is 0 Å². The van der Waals surface area contributed by atoms with Gasteiger partial charge < -0.3 is 14.8 Å². The van der Waals surface area contributed by atoms with Crippen LogP contribution in [0.25, 0.3) is 0 Å². The number of pyridine rings is 1. The molecule has 0 saturated heterocycles. The molecule has 2 heterocycles. The molecule has 0 bridgehead atoms. The minimum absolute atomic E-state index is 0.0474. The first kappa shape index (κ1) is 19.8. The second-order valence-corrected chi connectivity index (χ2v) is 7.10. The van der Waals surface area contributed by atoms with Crippen molar-refractivity contribution in [2.45, 2.75) is 25.9 Å². The molecule has 0 aliphatic carbocycles. The number of hydrogen-bond donors (Lipinski definition) is 1. The molecule has 146 valence electrons. The van der Waals surface area contributed by atoms with Crippen LogP contribution < -0.4 is 14.8 Å². The molecule has 0 radical (unpaired) electrons. The Bertz CT molecular complexity index is 866. The summed E-state index contributed by atoms with van der Waals surface area (Å²) in [6.45, 7) is 0.999. The van der Waals surface area contributed by atoms with Gasteiger partial charge in [-0.1, -0.05) is 12.1 Å². The van der Waals surface area contributed by atoms with Crippen molar-refractivity contribution in [3.63, 3.8) is 0 Å². The zero-order valence-electron chi connectivity index (χ0n) is 15.8. The Balaban J connectivity index is 1.34. The summed E-state index contributed by atoms with van der Waals surface area (Å²) >= 11 is 1.56. The van der Waals surface area contributed by atoms with Gasteiger partial charge in [-0.05, 0) is 36.2 Å². The summed E-state index contributed by atoms with van der Waals surface area (Å²) < 4.78 is 10.8. The third-order valence-electron chi connectivity index (χ3n) is 4.10. The number of methoxy groups -OCH3 is 1. The molecule has 0 fully saturated rings. The average Bonchev–Trinajstić information content (AvgIpc) is 3.19. The largest absolute Gasteiger partial charge is 0.497 e. The van der Waals surface area contributed by atoms with Gasteiger partial charge in [-0.25, -0.2) is 4.98 Å². The Morgan fingerprint density at radius 3 is 2.75 bits per heavy atom. The highest BCUT2D eigenvalue weighted by molar-refractivity contribution is 7.09. The first-order chi connectivity index (χ1) is 13.7. The van der Waals surface area contributed by atoms with Gasteiger partial charge in [-0.3, -0.25) is 9.78 Å². The van der Waals surface area contributed by atoms with Crippen LogP contribution in [0.15, 0.2) is 54.2 Å². The van der Waals surface area contributed by atoms with Crippen molar-refractivity contribution in [3.05, 3.63) is 70.4 Å². The second-order valence-electron chi connectivity index (χ2n) is 6.16. The maximum Gasteiger partial charge on any atom is 0.220 e. The van der Waals surface area contributed by atoms with Gasteiger partial charge in [0.25, 0.3) is 0 Å². The molecule has 2 aromatic heterocycles. The van der Waals surface area contributed by atoms with E-state index in [4.69, 9.17) is 9.47 Å². The number of carbonyl (C=O) groups excluding carboxylic acids is 1. The molecule has 3 rings (SSSR count). The fourth-order valence-corrected chi connectivity index (χ4v) is 3.32. The first-order valence-electron chi connectivity index (χ1n) is 9.08. The molecule has 1 aromatic carbocycles. The highest BCUT2D eigenvalue weighted by Gasteiger charge is 2.06. The highest BCUT2D eigenvalue weighted by Crippen LogP contribution is 2.15. The molecule has 0 aliphatic heterocycles. The molecule has 0 unspecified atom stereocenters. The zero-order chi connectivity index (χ0) is 19.6. The lowest BCUT2D eigenvalue weighted by Crippen LogP contribution is -2.25. The van der Waals surface area contributed by atoms with Gasteiger partial charge in [0, 0.05) is 31.0 Å². The van der Waals surface area contributed by atoms with Crippen LogP contribution in [-0.2, 0) is 24.2 Å². The van der Waals surface area contributed by atoms with Crippen LogP contribution in [-0.4, -0.2) is 29.5 Å². The Kier molecular flexibility index (Phi) is 7.37. The van der Waals surface area contributed by atoms with E-state index in [0.717, 1.165) is 27.8 Å². The Hall–Kier alpha value is -2.93. The standard InChI is InChI=1S/C21H23N3O3S/c1-26-18-7-4-16(5-8-18)6-9-20(25)23-12-10-17-15-28-21(24-17)14-27-19-3-2-11-22-13-19/h2-5,7-8,11,13,15H,6,9-10,12,14H2,1H3,(H,23,25). The number of aromatic nitrogens is 2. The maximum atomic E-state index is 12.0. The number of nitrogens with one attached hydrogen (secondary N) is 1. The van der Waals surface area contributed by atoms with Gasteiger partial charge in [0.15, 0.2) is 0 Å². The molecular weight excluding hydrogens is 374 g/mol. The summed E-state index contributed by atoms with van der Waals surface area (Å²) in [5, 5.41) is 5.87. The molecule has 0 aliphatic rings. The van der Waals surface area contributed by atoms with E-state index < -0.39 is 0 Å². The highest BCUT2D eigenvalue weighted by atomic mass is 32.1. The molecule has 7 heteroatoms. The fourth-order valence-electron chi connectivity index (χ4n) is 2.58. The number of rotatable bonds is 10. The molecule has 6 nitrogen and oxygen atoms in total. The lowest BCUT2D eigenvalue weighted by Gasteiger charge is -2.05. The lowest BCUT2D eigenvalue weighted by atomic mass is 10.1. The zero-order valence-corrected chi connectivity index (χ0v) is 16.6. The van der Waals surface area contributed by atoms with Crippen molar-refractivity contribution in [3.8, 4) is 11.5 Å². The van der Waals surface area contributed by atoms with Crippen LogP contribution in [0.1, 0.15) is 22.7 Å². The summed E-state index contributed by atoms with van der Waals surface area (Å²) in [6, 6.07) is 11.5. The molecular formula is C21H23N3O3S. The second kappa shape index (κ2) is 10.4. The SMILES string of the molecule is COc1ccc(CCC(=O)NCCc2csc(COc3cccnc3)n2)cc1. The van der Waals surface area contributed by atoms with E-state index in [0.29, 0.717) is 32.4 Å². The number of hydrogen-bond acceptors (Lipinski definition) is 6. The van der Waals surface area contributed by atoms with Gasteiger partial charge in [0.1, 0.15) is 23.1 Å². The molecule has 0 spiro atoms. The van der Waals surface area contributed by atoms with Crippen LogP contribution >= 0.6 is 11.3 Å². The van der Waals surface area contributed by atoms with Crippen LogP contribution in [0.5, 0.6) is 11.5 Å². The lowest BCUT2D eigenvalue weighted by molar-refractivity contribution is -0.121. The normalized spacial score (nSPS) is 10.5. The minimum Gasteiger partial charge on any atom is -0.497 e. The van der Waals surface area contributed by atoms with E-state index in [1.807, 2.05) is 41.8 Å². The summed E-state index contributed by atoms with van der Waals surface area (Å²) in [7, 11) is 1.64. The van der Waals surface area contributed by atoms with E-state index in [2.05, 4.69) is 15.3 Å². The van der Waals surface area contributed by atoms with Crippen molar-refractivity contribution >= 4 is 17.2 Å². The minimum atomic E-state index is 0.0474. The van der Waals surface area contributed by atoms with E-state index in [9.17, 15) is 4.79 Å². The smallest absolute Gasteiger partial charge is 0.220 e. The summed E-state index contributed by atoms with van der Waals surface area (Å²) in [6.07, 6.45) is 5.27. The molecule has 28 heavy (non-hydrogen) atoms. The number of thiazole rings is 1. The van der Waals surface area contributed by atoms with Crippen molar-refractivity contribution < 1.29 is 14.3 Å². The van der Waals surface area contributed by atoms with Gasteiger partial charge in [-0.15, -0.1) is 11.3 Å². The van der Waals surface area contributed by atoms with E-state index in [1.54, 1.807) is 30.8 Å². The van der Waals surface area contributed by atoms with E-state index >= 15 is 0 Å². The summed E-state index contributed by atoms with van der Waals surface area (Å²) in [5.41, 5.74) is 2.08. The van der Waals surface area contributed by atoms with Crippen LogP contribution in [0, 0.1) is 0 Å². The average molecular weight is 398 g/mol. The number of nitrogens with zero attached hydrogens (tertiary/aromatic N) is 2.